The third kappa shape index (κ3) is 4.20. The summed E-state index contributed by atoms with van der Waals surface area (Å²) in [7, 11) is 2.36. The Kier molecular flexibility index (Phi) is 7.14. The Morgan fingerprint density at radius 3 is 2.47 bits per heavy atom. The number of rotatable bonds is 4. The summed E-state index contributed by atoms with van der Waals surface area (Å²) < 4.78 is 20.6. The number of ether oxygens (including phenoxy) is 1. The maximum absolute atomic E-state index is 13.3. The highest BCUT2D eigenvalue weighted by Crippen LogP contribution is 2.32. The summed E-state index contributed by atoms with van der Waals surface area (Å²) in [6.45, 7) is 7.77. The topological polar surface area (TPSA) is 61.5 Å². The number of piperazine rings is 1. The number of fused-ring (bicyclic) bond motifs is 1. The Balaban J connectivity index is 0.00000124. The highest BCUT2D eigenvalue weighted by Gasteiger charge is 2.20. The number of likely N-dealkylation sites (N-methyl/N-ethyl adjacent to an activating group) is 1. The molecule has 2 heterocycles. The zero-order chi connectivity index (χ0) is 21.7. The first-order valence-electron chi connectivity index (χ1n) is 10.2. The fraction of sp³-hybridized carbons (Fsp3) is 0.348. The standard InChI is InChI=1S/C21H22N4O2S.C2H6/c1-23-10-12-24(13-11-23)20-14-17(6-7-21(20)27-2)28(26)25-9-8-18-16(15-22)4-3-5-19(18)25;1-2/h3-9,14H,10-13H2,1-2H3;1-2H3. The van der Waals surface area contributed by atoms with Crippen LogP contribution in [0.15, 0.2) is 53.6 Å². The second-order valence-corrected chi connectivity index (χ2v) is 8.23. The summed E-state index contributed by atoms with van der Waals surface area (Å²) in [6, 6.07) is 15.2. The molecule has 30 heavy (non-hydrogen) atoms. The van der Waals surface area contributed by atoms with E-state index in [4.69, 9.17) is 4.74 Å². The number of nitrogens with zero attached hydrogens (tertiary/aromatic N) is 4. The lowest BCUT2D eigenvalue weighted by atomic mass is 10.1. The van der Waals surface area contributed by atoms with Gasteiger partial charge in [-0.15, -0.1) is 0 Å². The fourth-order valence-corrected chi connectivity index (χ4v) is 4.70. The van der Waals surface area contributed by atoms with E-state index in [0.717, 1.165) is 48.5 Å². The van der Waals surface area contributed by atoms with Crippen LogP contribution in [-0.4, -0.2) is 53.4 Å². The third-order valence-electron chi connectivity index (χ3n) is 5.19. The average Bonchev–Trinajstić information content (AvgIpc) is 3.24. The number of nitriles is 1. The minimum Gasteiger partial charge on any atom is -0.495 e. The summed E-state index contributed by atoms with van der Waals surface area (Å²) in [5, 5.41) is 10.1. The fourth-order valence-electron chi connectivity index (χ4n) is 3.57. The minimum atomic E-state index is -1.42. The van der Waals surface area contributed by atoms with Crippen molar-refractivity contribution >= 4 is 27.6 Å². The van der Waals surface area contributed by atoms with Crippen LogP contribution in [0.3, 0.4) is 0 Å². The monoisotopic (exact) mass is 424 g/mol. The van der Waals surface area contributed by atoms with Gasteiger partial charge in [-0.2, -0.15) is 5.26 Å². The van der Waals surface area contributed by atoms with E-state index in [1.54, 1.807) is 23.3 Å². The molecule has 1 fully saturated rings. The van der Waals surface area contributed by atoms with Gasteiger partial charge >= 0.3 is 0 Å². The van der Waals surface area contributed by atoms with Crippen LogP contribution in [0.2, 0.25) is 0 Å². The molecule has 1 saturated heterocycles. The van der Waals surface area contributed by atoms with Gasteiger partial charge in [0.15, 0.2) is 11.0 Å². The van der Waals surface area contributed by atoms with E-state index in [1.807, 2.05) is 50.2 Å². The van der Waals surface area contributed by atoms with E-state index < -0.39 is 11.0 Å². The van der Waals surface area contributed by atoms with E-state index in [1.165, 1.54) is 0 Å². The molecule has 3 aromatic rings. The molecule has 0 aliphatic carbocycles. The summed E-state index contributed by atoms with van der Waals surface area (Å²) in [5.41, 5.74) is 2.34. The highest BCUT2D eigenvalue weighted by molar-refractivity contribution is 7.83. The van der Waals surface area contributed by atoms with Gasteiger partial charge in [-0.25, -0.2) is 4.21 Å². The Hall–Kier alpha value is -2.82. The van der Waals surface area contributed by atoms with Crippen molar-refractivity contribution in [1.29, 1.82) is 5.26 Å². The molecule has 0 radical (unpaired) electrons. The van der Waals surface area contributed by atoms with Gasteiger partial charge in [-0.1, -0.05) is 19.9 Å². The van der Waals surface area contributed by atoms with Crippen molar-refractivity contribution in [1.82, 2.24) is 8.87 Å². The molecule has 0 saturated carbocycles. The highest BCUT2D eigenvalue weighted by atomic mass is 32.2. The van der Waals surface area contributed by atoms with Gasteiger partial charge in [-0.3, -0.25) is 3.97 Å². The summed E-state index contributed by atoms with van der Waals surface area (Å²) >= 11 is 0. The molecule has 0 N–H and O–H groups in total. The Labute approximate surface area is 180 Å². The lowest BCUT2D eigenvalue weighted by molar-refractivity contribution is 0.311. The molecule has 158 valence electrons. The van der Waals surface area contributed by atoms with Crippen LogP contribution in [0.5, 0.6) is 5.75 Å². The van der Waals surface area contributed by atoms with Gasteiger partial charge in [0.1, 0.15) is 5.75 Å². The van der Waals surface area contributed by atoms with Crippen LogP contribution in [0.25, 0.3) is 10.9 Å². The number of benzene rings is 2. The van der Waals surface area contributed by atoms with Crippen LogP contribution in [0.1, 0.15) is 19.4 Å². The Morgan fingerprint density at radius 2 is 1.80 bits per heavy atom. The summed E-state index contributed by atoms with van der Waals surface area (Å²) in [5.74, 6) is 0.787. The zero-order valence-electron chi connectivity index (χ0n) is 18.0. The Morgan fingerprint density at radius 1 is 1.07 bits per heavy atom. The normalized spacial score (nSPS) is 15.2. The van der Waals surface area contributed by atoms with Gasteiger partial charge < -0.3 is 14.5 Å². The number of anilines is 1. The van der Waals surface area contributed by atoms with Crippen molar-refractivity contribution in [2.24, 2.45) is 0 Å². The number of hydrogen-bond acceptors (Lipinski definition) is 5. The molecule has 0 spiro atoms. The molecular weight excluding hydrogens is 396 g/mol. The molecular formula is C23H28N4O2S. The first-order valence-corrected chi connectivity index (χ1v) is 11.3. The van der Waals surface area contributed by atoms with Crippen molar-refractivity contribution in [3.63, 3.8) is 0 Å². The molecule has 6 nitrogen and oxygen atoms in total. The van der Waals surface area contributed by atoms with Crippen molar-refractivity contribution in [3.8, 4) is 11.8 Å². The van der Waals surface area contributed by atoms with Gasteiger partial charge in [0.05, 0.1) is 34.8 Å². The number of methoxy groups -OCH3 is 1. The summed E-state index contributed by atoms with van der Waals surface area (Å²) in [6.07, 6.45) is 1.78. The van der Waals surface area contributed by atoms with Crippen LogP contribution in [0.4, 0.5) is 5.69 Å². The van der Waals surface area contributed by atoms with Crippen molar-refractivity contribution in [2.45, 2.75) is 18.7 Å². The van der Waals surface area contributed by atoms with Crippen LogP contribution in [0, 0.1) is 11.3 Å². The van der Waals surface area contributed by atoms with E-state index >= 15 is 0 Å². The lowest BCUT2D eigenvalue weighted by Crippen LogP contribution is -2.44. The molecule has 0 amide bonds. The molecule has 2 aromatic carbocycles. The predicted molar refractivity (Wildman–Crippen MR) is 123 cm³/mol. The van der Waals surface area contributed by atoms with Gasteiger partial charge in [0, 0.05) is 37.8 Å². The number of aromatic nitrogens is 1. The maximum atomic E-state index is 13.3. The first-order chi connectivity index (χ1) is 14.6. The predicted octanol–water partition coefficient (Wildman–Crippen LogP) is 3.87. The molecule has 1 aliphatic rings. The second kappa shape index (κ2) is 9.79. The minimum absolute atomic E-state index is 0.584. The average molecular weight is 425 g/mol. The van der Waals surface area contributed by atoms with E-state index in [2.05, 4.69) is 22.9 Å². The molecule has 1 atom stereocenters. The molecule has 1 aromatic heterocycles. The first kappa shape index (κ1) is 21.9. The van der Waals surface area contributed by atoms with Gasteiger partial charge in [0.2, 0.25) is 0 Å². The van der Waals surface area contributed by atoms with Crippen LogP contribution >= 0.6 is 0 Å². The second-order valence-electron chi connectivity index (χ2n) is 6.86. The zero-order valence-corrected chi connectivity index (χ0v) is 18.8. The van der Waals surface area contributed by atoms with Crippen molar-refractivity contribution in [3.05, 3.63) is 54.2 Å². The van der Waals surface area contributed by atoms with Crippen LogP contribution < -0.4 is 9.64 Å². The van der Waals surface area contributed by atoms with E-state index in [9.17, 15) is 9.47 Å². The van der Waals surface area contributed by atoms with E-state index in [0.29, 0.717) is 10.5 Å². The third-order valence-corrected chi connectivity index (χ3v) is 6.53. The van der Waals surface area contributed by atoms with Crippen molar-refractivity contribution < 1.29 is 8.95 Å². The lowest BCUT2D eigenvalue weighted by Gasteiger charge is -2.34. The Bertz CT molecular complexity index is 1080. The number of hydrogen-bond donors (Lipinski definition) is 0. The molecule has 0 bridgehead atoms. The maximum Gasteiger partial charge on any atom is 0.157 e. The largest absolute Gasteiger partial charge is 0.495 e. The van der Waals surface area contributed by atoms with Gasteiger partial charge in [-0.05, 0) is 43.4 Å². The summed E-state index contributed by atoms with van der Waals surface area (Å²) in [4.78, 5) is 5.28. The quantitative estimate of drug-likeness (QED) is 0.636. The van der Waals surface area contributed by atoms with Gasteiger partial charge in [0.25, 0.3) is 0 Å². The molecule has 4 rings (SSSR count). The van der Waals surface area contributed by atoms with Crippen molar-refractivity contribution in [2.75, 3.05) is 45.2 Å². The van der Waals surface area contributed by atoms with Crippen LogP contribution in [-0.2, 0) is 11.0 Å². The molecule has 7 heteroatoms. The molecule has 1 aliphatic heterocycles. The SMILES string of the molecule is CC.COc1ccc(S(=O)n2ccc3c(C#N)cccc32)cc1N1CCN(C)CC1. The molecule has 1 unspecified atom stereocenters. The smallest absolute Gasteiger partial charge is 0.157 e. The van der Waals surface area contributed by atoms with E-state index in [-0.39, 0.29) is 0 Å².